The zero-order valence-electron chi connectivity index (χ0n) is 9.98. The van der Waals surface area contributed by atoms with E-state index in [-0.39, 0.29) is 5.69 Å². The predicted octanol–water partition coefficient (Wildman–Crippen LogP) is 1.52. The Hall–Kier alpha value is -1.98. The quantitative estimate of drug-likeness (QED) is 0.854. The molecule has 0 saturated heterocycles. The van der Waals surface area contributed by atoms with Crippen molar-refractivity contribution in [2.45, 2.75) is 13.8 Å². The molecule has 1 heterocycles. The number of hydrogen-bond acceptors (Lipinski definition) is 3. The van der Waals surface area contributed by atoms with Crippen molar-refractivity contribution < 1.29 is 19.1 Å². The molecule has 1 aliphatic rings. The molecule has 1 aromatic heterocycles. The van der Waals surface area contributed by atoms with Gasteiger partial charge in [-0.25, -0.2) is 4.39 Å². The summed E-state index contributed by atoms with van der Waals surface area (Å²) in [5.74, 6) is -3.26. The lowest BCUT2D eigenvalue weighted by Gasteiger charge is -2.05. The summed E-state index contributed by atoms with van der Waals surface area (Å²) in [6, 6.07) is 1.13. The van der Waals surface area contributed by atoms with E-state index in [0.717, 1.165) is 12.3 Å². The number of anilines is 1. The van der Waals surface area contributed by atoms with Gasteiger partial charge in [0.2, 0.25) is 5.91 Å². The lowest BCUT2D eigenvalue weighted by Crippen LogP contribution is -2.17. The van der Waals surface area contributed by atoms with Gasteiger partial charge in [-0.15, -0.1) is 0 Å². The molecule has 0 unspecified atom stereocenters. The van der Waals surface area contributed by atoms with Crippen molar-refractivity contribution in [1.82, 2.24) is 4.98 Å². The van der Waals surface area contributed by atoms with E-state index < -0.39 is 34.9 Å². The van der Waals surface area contributed by atoms with Gasteiger partial charge in [-0.3, -0.25) is 14.6 Å². The van der Waals surface area contributed by atoms with Gasteiger partial charge < -0.3 is 10.4 Å². The first-order chi connectivity index (χ1) is 8.34. The molecule has 2 atom stereocenters. The SMILES string of the molecule is CC1(C)[C@H](C(=O)O)[C@@H]1C(=O)Nc1cncc(F)c1. The van der Waals surface area contributed by atoms with Gasteiger partial charge in [0.15, 0.2) is 0 Å². The fourth-order valence-corrected chi connectivity index (χ4v) is 2.29. The number of aliphatic carboxylic acids is 1. The van der Waals surface area contributed by atoms with Crippen molar-refractivity contribution >= 4 is 17.6 Å². The molecule has 96 valence electrons. The van der Waals surface area contributed by atoms with Gasteiger partial charge in [-0.2, -0.15) is 0 Å². The number of nitrogens with zero attached hydrogens (tertiary/aromatic N) is 1. The summed E-state index contributed by atoms with van der Waals surface area (Å²) in [4.78, 5) is 26.4. The van der Waals surface area contributed by atoms with Crippen molar-refractivity contribution in [3.8, 4) is 0 Å². The van der Waals surface area contributed by atoms with Gasteiger partial charge in [0.25, 0.3) is 0 Å². The molecule has 0 aliphatic heterocycles. The second kappa shape index (κ2) is 4.04. The number of carbonyl (C=O) groups excluding carboxylic acids is 1. The van der Waals surface area contributed by atoms with Gasteiger partial charge in [0, 0.05) is 6.07 Å². The molecule has 0 aromatic carbocycles. The molecule has 1 saturated carbocycles. The molecule has 1 aromatic rings. The Morgan fingerprint density at radius 1 is 1.39 bits per heavy atom. The van der Waals surface area contributed by atoms with Crippen molar-refractivity contribution in [1.29, 1.82) is 0 Å². The van der Waals surface area contributed by atoms with Gasteiger partial charge in [0.1, 0.15) is 5.82 Å². The minimum atomic E-state index is -0.988. The summed E-state index contributed by atoms with van der Waals surface area (Å²) < 4.78 is 12.9. The first kappa shape index (κ1) is 12.5. The van der Waals surface area contributed by atoms with Crippen molar-refractivity contribution in [3.05, 3.63) is 24.3 Å². The molecule has 1 amide bonds. The molecule has 0 bridgehead atoms. The second-order valence-electron chi connectivity index (χ2n) is 5.00. The Bertz CT molecular complexity index is 516. The van der Waals surface area contributed by atoms with Crippen LogP contribution in [0.4, 0.5) is 10.1 Å². The number of carbonyl (C=O) groups is 2. The maximum absolute atomic E-state index is 12.9. The van der Waals surface area contributed by atoms with E-state index in [2.05, 4.69) is 10.3 Å². The van der Waals surface area contributed by atoms with Crippen LogP contribution < -0.4 is 5.32 Å². The third-order valence-electron chi connectivity index (χ3n) is 3.35. The number of carboxylic acids is 1. The first-order valence-electron chi connectivity index (χ1n) is 5.48. The van der Waals surface area contributed by atoms with Crippen LogP contribution in [0, 0.1) is 23.1 Å². The minimum Gasteiger partial charge on any atom is -0.481 e. The lowest BCUT2D eigenvalue weighted by atomic mass is 10.1. The molecule has 2 rings (SSSR count). The number of rotatable bonds is 3. The van der Waals surface area contributed by atoms with Gasteiger partial charge in [0.05, 0.1) is 29.9 Å². The van der Waals surface area contributed by atoms with Crippen LogP contribution in [-0.4, -0.2) is 22.0 Å². The van der Waals surface area contributed by atoms with Crippen LogP contribution in [0.2, 0.25) is 0 Å². The average molecular weight is 252 g/mol. The van der Waals surface area contributed by atoms with Crippen LogP contribution in [-0.2, 0) is 9.59 Å². The van der Waals surface area contributed by atoms with E-state index in [4.69, 9.17) is 5.11 Å². The molecule has 0 spiro atoms. The van der Waals surface area contributed by atoms with E-state index >= 15 is 0 Å². The minimum absolute atomic E-state index is 0.229. The van der Waals surface area contributed by atoms with Crippen molar-refractivity contribution in [2.75, 3.05) is 5.32 Å². The number of halogens is 1. The average Bonchev–Trinajstić information content (AvgIpc) is 2.81. The Kier molecular flexibility index (Phi) is 2.80. The smallest absolute Gasteiger partial charge is 0.307 e. The summed E-state index contributed by atoms with van der Waals surface area (Å²) >= 11 is 0. The number of amides is 1. The van der Waals surface area contributed by atoms with Crippen molar-refractivity contribution in [3.63, 3.8) is 0 Å². The normalized spacial score (nSPS) is 24.4. The van der Waals surface area contributed by atoms with E-state index in [9.17, 15) is 14.0 Å². The maximum Gasteiger partial charge on any atom is 0.307 e. The Morgan fingerprint density at radius 2 is 2.06 bits per heavy atom. The highest BCUT2D eigenvalue weighted by atomic mass is 19.1. The monoisotopic (exact) mass is 252 g/mol. The Balaban J connectivity index is 2.08. The predicted molar refractivity (Wildman–Crippen MR) is 61.2 cm³/mol. The van der Waals surface area contributed by atoms with E-state index in [1.54, 1.807) is 13.8 Å². The van der Waals surface area contributed by atoms with Crippen LogP contribution in [0.3, 0.4) is 0 Å². The molecule has 1 aliphatic carbocycles. The third kappa shape index (κ3) is 2.05. The highest BCUT2D eigenvalue weighted by molar-refractivity contribution is 5.99. The third-order valence-corrected chi connectivity index (χ3v) is 3.35. The van der Waals surface area contributed by atoms with Crippen LogP contribution in [0.15, 0.2) is 18.5 Å². The van der Waals surface area contributed by atoms with E-state index in [1.165, 1.54) is 6.20 Å². The molecule has 2 N–H and O–H groups in total. The van der Waals surface area contributed by atoms with Crippen LogP contribution in [0.5, 0.6) is 0 Å². The topological polar surface area (TPSA) is 79.3 Å². The maximum atomic E-state index is 12.9. The molecule has 6 heteroatoms. The summed E-state index contributed by atoms with van der Waals surface area (Å²) in [5.41, 5.74) is -0.344. The molecule has 5 nitrogen and oxygen atoms in total. The van der Waals surface area contributed by atoms with Crippen molar-refractivity contribution in [2.24, 2.45) is 17.3 Å². The summed E-state index contributed by atoms with van der Waals surface area (Å²) in [5, 5.41) is 11.4. The van der Waals surface area contributed by atoms with E-state index in [1.807, 2.05) is 0 Å². The van der Waals surface area contributed by atoms with E-state index in [0.29, 0.717) is 0 Å². The number of hydrogen-bond donors (Lipinski definition) is 2. The molecule has 18 heavy (non-hydrogen) atoms. The second-order valence-corrected chi connectivity index (χ2v) is 5.00. The number of nitrogens with one attached hydrogen (secondary N) is 1. The van der Waals surface area contributed by atoms with Gasteiger partial charge in [-0.1, -0.05) is 13.8 Å². The van der Waals surface area contributed by atoms with Gasteiger partial charge >= 0.3 is 5.97 Å². The highest BCUT2D eigenvalue weighted by Gasteiger charge is 2.65. The Labute approximate surface area is 103 Å². The number of pyridine rings is 1. The largest absolute Gasteiger partial charge is 0.481 e. The Morgan fingerprint density at radius 3 is 2.56 bits per heavy atom. The summed E-state index contributed by atoms with van der Waals surface area (Å²) in [6.45, 7) is 3.44. The van der Waals surface area contributed by atoms with Crippen LogP contribution in [0.25, 0.3) is 0 Å². The van der Waals surface area contributed by atoms with Gasteiger partial charge in [-0.05, 0) is 5.41 Å². The molecule has 0 radical (unpaired) electrons. The standard InChI is InChI=1S/C12H13FN2O3/c1-12(2)8(9(12)11(17)18)10(16)15-7-3-6(13)4-14-5-7/h3-5,8-9H,1-2H3,(H,15,16)(H,17,18)/t8-,9+/m1/s1. The van der Waals surface area contributed by atoms with Crippen LogP contribution in [0.1, 0.15) is 13.8 Å². The number of aromatic nitrogens is 1. The molecular formula is C12H13FN2O3. The summed E-state index contributed by atoms with van der Waals surface area (Å²) in [6.07, 6.45) is 2.34. The fraction of sp³-hybridized carbons (Fsp3) is 0.417. The zero-order valence-corrected chi connectivity index (χ0v) is 9.98. The molecule has 1 fully saturated rings. The lowest BCUT2D eigenvalue weighted by molar-refractivity contribution is -0.140. The highest BCUT2D eigenvalue weighted by Crippen LogP contribution is 2.58. The van der Waals surface area contributed by atoms with Crippen LogP contribution >= 0.6 is 0 Å². The molecular weight excluding hydrogens is 239 g/mol. The zero-order chi connectivity index (χ0) is 13.5. The fourth-order valence-electron chi connectivity index (χ4n) is 2.29. The first-order valence-corrected chi connectivity index (χ1v) is 5.48. The summed E-state index contributed by atoms with van der Waals surface area (Å²) in [7, 11) is 0. The number of carboxylic acid groups (broad SMARTS) is 1.